The van der Waals surface area contributed by atoms with Crippen molar-refractivity contribution in [1.82, 2.24) is 10.2 Å². The van der Waals surface area contributed by atoms with Gasteiger partial charge in [0.25, 0.3) is 5.91 Å². The maximum absolute atomic E-state index is 11.6. The summed E-state index contributed by atoms with van der Waals surface area (Å²) >= 11 is 0. The molecule has 4 atom stereocenters. The van der Waals surface area contributed by atoms with Crippen molar-refractivity contribution in [2.45, 2.75) is 77.0 Å². The van der Waals surface area contributed by atoms with Gasteiger partial charge < -0.3 is 29.6 Å². The molecule has 3 N–H and O–H groups in total. The maximum atomic E-state index is 11.6. The van der Waals surface area contributed by atoms with Crippen LogP contribution in [-0.4, -0.2) is 60.7 Å². The number of ether oxygens (including phenoxy) is 1. The van der Waals surface area contributed by atoms with Crippen molar-refractivity contribution in [1.29, 1.82) is 0 Å². The van der Waals surface area contributed by atoms with E-state index >= 15 is 0 Å². The summed E-state index contributed by atoms with van der Waals surface area (Å²) in [5.41, 5.74) is 0.498. The lowest BCUT2D eigenvalue weighted by atomic mass is 10.2. The third kappa shape index (κ3) is 3.83. The number of nitrogens with one attached hydrogen (secondary N) is 1. The standard InChI is InChI=1S/C16H30N2O5Si/c1-10-8-18(15(21)17-14(10)20)13-7-11(12(9-19)22-13)23-24(5,6)16(2,3)4/h8,11-13,15,19,21H,7,9H2,1-6H3,(H,17,20)/t11?,12-,13-,15?/m1/s1. The van der Waals surface area contributed by atoms with Gasteiger partial charge in [-0.15, -0.1) is 0 Å². The third-order valence-corrected chi connectivity index (χ3v) is 9.69. The lowest BCUT2D eigenvalue weighted by molar-refractivity contribution is -0.143. The van der Waals surface area contributed by atoms with E-state index in [2.05, 4.69) is 39.2 Å². The lowest BCUT2D eigenvalue weighted by Gasteiger charge is -2.39. The predicted octanol–water partition coefficient (Wildman–Crippen LogP) is 1.10. The monoisotopic (exact) mass is 358 g/mol. The molecule has 24 heavy (non-hydrogen) atoms. The van der Waals surface area contributed by atoms with Gasteiger partial charge in [0.05, 0.1) is 12.7 Å². The topological polar surface area (TPSA) is 91.3 Å². The summed E-state index contributed by atoms with van der Waals surface area (Å²) in [6.07, 6.45) is -0.159. The van der Waals surface area contributed by atoms with Crippen LogP contribution >= 0.6 is 0 Å². The van der Waals surface area contributed by atoms with E-state index in [4.69, 9.17) is 9.16 Å². The minimum atomic E-state index is -2.01. The first-order valence-electron chi connectivity index (χ1n) is 8.35. The Morgan fingerprint density at radius 1 is 1.46 bits per heavy atom. The number of carbonyl (C=O) groups is 1. The molecule has 7 nitrogen and oxygen atoms in total. The van der Waals surface area contributed by atoms with Gasteiger partial charge in [-0.05, 0) is 25.1 Å². The first-order chi connectivity index (χ1) is 11.0. The Kier molecular flexibility index (Phi) is 5.46. The van der Waals surface area contributed by atoms with Crippen molar-refractivity contribution < 1.29 is 24.2 Å². The summed E-state index contributed by atoms with van der Waals surface area (Å²) in [5.74, 6) is -0.301. The molecule has 0 aliphatic carbocycles. The van der Waals surface area contributed by atoms with Gasteiger partial charge in [-0.3, -0.25) is 4.79 Å². The molecular formula is C16H30N2O5Si. The first-order valence-corrected chi connectivity index (χ1v) is 11.3. The molecule has 2 heterocycles. The van der Waals surface area contributed by atoms with E-state index in [0.29, 0.717) is 12.0 Å². The number of aliphatic hydroxyl groups excluding tert-OH is 2. The van der Waals surface area contributed by atoms with E-state index in [-0.39, 0.29) is 23.7 Å². The van der Waals surface area contributed by atoms with Crippen LogP contribution in [0, 0.1) is 0 Å². The first kappa shape index (κ1) is 19.4. The van der Waals surface area contributed by atoms with E-state index < -0.39 is 27.0 Å². The lowest BCUT2D eigenvalue weighted by Crippen LogP contribution is -2.53. The van der Waals surface area contributed by atoms with Gasteiger partial charge in [0.15, 0.2) is 8.32 Å². The molecule has 2 unspecified atom stereocenters. The number of hydrogen-bond acceptors (Lipinski definition) is 6. The highest BCUT2D eigenvalue weighted by molar-refractivity contribution is 6.74. The summed E-state index contributed by atoms with van der Waals surface area (Å²) < 4.78 is 12.3. The van der Waals surface area contributed by atoms with Crippen LogP contribution in [0.2, 0.25) is 18.1 Å². The largest absolute Gasteiger partial charge is 0.411 e. The Morgan fingerprint density at radius 3 is 2.62 bits per heavy atom. The molecule has 0 bridgehead atoms. The number of nitrogens with zero attached hydrogens (tertiary/aromatic N) is 1. The van der Waals surface area contributed by atoms with Crippen molar-refractivity contribution in [3.8, 4) is 0 Å². The SMILES string of the molecule is CC1=CN([C@H]2CC(O[Si](C)(C)C(C)(C)C)[C@@H](CO)O2)C(O)NC1=O. The summed E-state index contributed by atoms with van der Waals surface area (Å²) in [6, 6.07) is 0. The summed E-state index contributed by atoms with van der Waals surface area (Å²) in [5, 5.41) is 22.3. The average molecular weight is 359 g/mol. The fraction of sp³-hybridized carbons (Fsp3) is 0.812. The highest BCUT2D eigenvalue weighted by atomic mass is 28.4. The van der Waals surface area contributed by atoms with Gasteiger partial charge in [-0.25, -0.2) is 0 Å². The fourth-order valence-corrected chi connectivity index (χ4v) is 3.98. The van der Waals surface area contributed by atoms with Gasteiger partial charge >= 0.3 is 0 Å². The van der Waals surface area contributed by atoms with E-state index in [1.807, 2.05) is 0 Å². The summed E-state index contributed by atoms with van der Waals surface area (Å²) in [7, 11) is -2.01. The number of amides is 1. The predicted molar refractivity (Wildman–Crippen MR) is 92.2 cm³/mol. The van der Waals surface area contributed by atoms with Crippen LogP contribution in [0.1, 0.15) is 34.1 Å². The van der Waals surface area contributed by atoms with Crippen LogP contribution in [-0.2, 0) is 14.0 Å². The van der Waals surface area contributed by atoms with E-state index in [1.165, 1.54) is 0 Å². The molecule has 2 aliphatic rings. The molecule has 138 valence electrons. The molecule has 0 saturated carbocycles. The second-order valence-electron chi connectivity index (χ2n) is 8.07. The van der Waals surface area contributed by atoms with Crippen molar-refractivity contribution >= 4 is 14.2 Å². The average Bonchev–Trinajstić information content (AvgIpc) is 2.83. The molecule has 2 aliphatic heterocycles. The molecule has 0 radical (unpaired) electrons. The third-order valence-electron chi connectivity index (χ3n) is 5.19. The van der Waals surface area contributed by atoms with Crippen molar-refractivity contribution in [2.24, 2.45) is 0 Å². The molecule has 0 spiro atoms. The number of aliphatic hydroxyl groups is 2. The van der Waals surface area contributed by atoms with Crippen LogP contribution < -0.4 is 5.32 Å². The Bertz CT molecular complexity index is 517. The molecular weight excluding hydrogens is 328 g/mol. The Hall–Kier alpha value is -0.933. The van der Waals surface area contributed by atoms with Gasteiger partial charge in [-0.1, -0.05) is 20.8 Å². The number of carbonyl (C=O) groups excluding carboxylic acids is 1. The van der Waals surface area contributed by atoms with Crippen LogP contribution in [0.25, 0.3) is 0 Å². The molecule has 0 aromatic heterocycles. The van der Waals surface area contributed by atoms with Gasteiger partial charge in [-0.2, -0.15) is 0 Å². The molecule has 0 aromatic rings. The smallest absolute Gasteiger partial charge is 0.251 e. The Morgan fingerprint density at radius 2 is 2.08 bits per heavy atom. The van der Waals surface area contributed by atoms with Crippen LogP contribution in [0.5, 0.6) is 0 Å². The zero-order valence-electron chi connectivity index (χ0n) is 15.4. The van der Waals surface area contributed by atoms with Gasteiger partial charge in [0.2, 0.25) is 6.35 Å². The summed E-state index contributed by atoms with van der Waals surface area (Å²) in [4.78, 5) is 13.1. The highest BCUT2D eigenvalue weighted by Gasteiger charge is 2.46. The van der Waals surface area contributed by atoms with E-state index in [1.54, 1.807) is 18.0 Å². The van der Waals surface area contributed by atoms with Crippen LogP contribution in [0.4, 0.5) is 0 Å². The van der Waals surface area contributed by atoms with Crippen molar-refractivity contribution in [2.75, 3.05) is 6.61 Å². The fourth-order valence-electron chi connectivity index (χ4n) is 2.63. The second kappa shape index (κ2) is 6.76. The van der Waals surface area contributed by atoms with E-state index in [0.717, 1.165) is 0 Å². The highest BCUT2D eigenvalue weighted by Crippen LogP contribution is 2.40. The van der Waals surface area contributed by atoms with Gasteiger partial charge in [0, 0.05) is 18.2 Å². The van der Waals surface area contributed by atoms with Crippen molar-refractivity contribution in [3.63, 3.8) is 0 Å². The zero-order chi connectivity index (χ0) is 18.3. The van der Waals surface area contributed by atoms with E-state index in [9.17, 15) is 15.0 Å². The molecule has 8 heteroatoms. The minimum Gasteiger partial charge on any atom is -0.411 e. The molecule has 1 fully saturated rings. The Balaban J connectivity index is 2.13. The van der Waals surface area contributed by atoms with Crippen LogP contribution in [0.15, 0.2) is 11.8 Å². The van der Waals surface area contributed by atoms with Crippen molar-refractivity contribution in [3.05, 3.63) is 11.8 Å². The molecule has 1 amide bonds. The Labute approximate surface area is 144 Å². The molecule has 0 aromatic carbocycles. The quantitative estimate of drug-likeness (QED) is 0.652. The normalized spacial score (nSPS) is 31.9. The number of hydrogen-bond donors (Lipinski definition) is 3. The van der Waals surface area contributed by atoms with Gasteiger partial charge in [0.1, 0.15) is 12.3 Å². The maximum Gasteiger partial charge on any atom is 0.251 e. The minimum absolute atomic E-state index is 0.0558. The number of rotatable bonds is 4. The second-order valence-corrected chi connectivity index (χ2v) is 12.8. The zero-order valence-corrected chi connectivity index (χ0v) is 16.4. The van der Waals surface area contributed by atoms with Crippen LogP contribution in [0.3, 0.4) is 0 Å². The molecule has 2 rings (SSSR count). The summed E-state index contributed by atoms with van der Waals surface area (Å²) in [6.45, 7) is 12.3. The molecule has 1 saturated heterocycles.